The second-order valence-electron chi connectivity index (χ2n) is 7.45. The highest BCUT2D eigenvalue weighted by atomic mass is 16.5. The Morgan fingerprint density at radius 2 is 1.89 bits per heavy atom. The molecule has 1 atom stereocenters. The fourth-order valence-electron chi connectivity index (χ4n) is 4.00. The minimum absolute atomic E-state index is 0.0387. The lowest BCUT2D eigenvalue weighted by Crippen LogP contribution is -2.38. The molecule has 0 radical (unpaired) electrons. The summed E-state index contributed by atoms with van der Waals surface area (Å²) in [7, 11) is 0. The van der Waals surface area contributed by atoms with Gasteiger partial charge in [0.15, 0.2) is 0 Å². The Balaban J connectivity index is 1.65. The van der Waals surface area contributed by atoms with Crippen molar-refractivity contribution in [2.75, 3.05) is 19.7 Å². The quantitative estimate of drug-likeness (QED) is 0.893. The molecule has 4 rings (SSSR count). The van der Waals surface area contributed by atoms with E-state index in [4.69, 9.17) is 4.74 Å². The molecule has 2 fully saturated rings. The van der Waals surface area contributed by atoms with Gasteiger partial charge in [-0.2, -0.15) is 0 Å². The number of nitrogens with one attached hydrogen (secondary N) is 1. The van der Waals surface area contributed by atoms with E-state index < -0.39 is 5.69 Å². The van der Waals surface area contributed by atoms with Gasteiger partial charge in [-0.25, -0.2) is 4.79 Å². The molecule has 2 saturated heterocycles. The summed E-state index contributed by atoms with van der Waals surface area (Å²) < 4.78 is 6.75. The van der Waals surface area contributed by atoms with Gasteiger partial charge < -0.3 is 14.6 Å². The van der Waals surface area contributed by atoms with Gasteiger partial charge in [-0.05, 0) is 43.9 Å². The highest BCUT2D eigenvalue weighted by Gasteiger charge is 2.21. The van der Waals surface area contributed by atoms with Crippen molar-refractivity contribution in [3.05, 3.63) is 44.6 Å². The maximum absolute atomic E-state index is 12.8. The van der Waals surface area contributed by atoms with E-state index in [2.05, 4.69) is 4.98 Å². The topological polar surface area (TPSA) is 84.4 Å². The number of rotatable bonds is 3. The molecule has 7 nitrogen and oxygen atoms in total. The van der Waals surface area contributed by atoms with Crippen LogP contribution in [0.5, 0.6) is 0 Å². The third-order valence-corrected chi connectivity index (χ3v) is 5.53. The number of carbonyl (C=O) groups is 1. The van der Waals surface area contributed by atoms with Crippen LogP contribution in [0.15, 0.2) is 27.8 Å². The van der Waals surface area contributed by atoms with Gasteiger partial charge in [0.05, 0.1) is 23.6 Å². The van der Waals surface area contributed by atoms with E-state index in [0.29, 0.717) is 23.1 Å². The number of amides is 1. The summed E-state index contributed by atoms with van der Waals surface area (Å²) in [6.07, 6.45) is 6.05. The fourth-order valence-corrected chi connectivity index (χ4v) is 4.00. The van der Waals surface area contributed by atoms with Crippen LogP contribution in [0.1, 0.15) is 48.9 Å². The molecule has 0 bridgehead atoms. The van der Waals surface area contributed by atoms with Crippen molar-refractivity contribution >= 4 is 16.8 Å². The van der Waals surface area contributed by atoms with Crippen molar-refractivity contribution in [1.82, 2.24) is 14.5 Å². The van der Waals surface area contributed by atoms with E-state index >= 15 is 0 Å². The summed E-state index contributed by atoms with van der Waals surface area (Å²) in [4.78, 5) is 42.6. The molecule has 0 aliphatic carbocycles. The van der Waals surface area contributed by atoms with Gasteiger partial charge in [-0.1, -0.05) is 12.8 Å². The first-order valence-corrected chi connectivity index (χ1v) is 9.81. The Bertz CT molecular complexity index is 948. The summed E-state index contributed by atoms with van der Waals surface area (Å²) in [5, 5.41) is 0.417. The molecule has 144 valence electrons. The van der Waals surface area contributed by atoms with Gasteiger partial charge >= 0.3 is 5.69 Å². The van der Waals surface area contributed by atoms with Crippen LogP contribution in [0.3, 0.4) is 0 Å². The predicted octanol–water partition coefficient (Wildman–Crippen LogP) is 1.88. The normalized spacial score (nSPS) is 20.7. The first kappa shape index (κ1) is 18.0. The van der Waals surface area contributed by atoms with Crippen molar-refractivity contribution in [3.63, 3.8) is 0 Å². The minimum Gasteiger partial charge on any atom is -0.376 e. The van der Waals surface area contributed by atoms with Gasteiger partial charge in [0.25, 0.3) is 11.5 Å². The van der Waals surface area contributed by atoms with Crippen molar-refractivity contribution in [3.8, 4) is 0 Å². The molecular formula is C20H25N3O4. The molecule has 1 aromatic carbocycles. The van der Waals surface area contributed by atoms with Crippen LogP contribution in [0.4, 0.5) is 0 Å². The first-order valence-electron chi connectivity index (χ1n) is 9.81. The van der Waals surface area contributed by atoms with Crippen LogP contribution in [0, 0.1) is 0 Å². The molecule has 1 N–H and O–H groups in total. The third-order valence-electron chi connectivity index (χ3n) is 5.53. The van der Waals surface area contributed by atoms with Gasteiger partial charge in [0.2, 0.25) is 0 Å². The van der Waals surface area contributed by atoms with Crippen molar-refractivity contribution in [2.45, 2.75) is 51.2 Å². The average molecular weight is 371 g/mol. The standard InChI is InChI=1S/C20H25N3O4/c24-18(22-9-3-1-2-4-10-22)14-7-8-16-17(12-14)21-20(26)23(19(16)25)13-15-6-5-11-27-15/h7-8,12,15H,1-6,9-11,13H2,(H,21,26). The number of benzene rings is 1. The highest BCUT2D eigenvalue weighted by molar-refractivity contribution is 5.97. The molecule has 1 amide bonds. The van der Waals surface area contributed by atoms with E-state index in [0.717, 1.165) is 51.6 Å². The zero-order valence-electron chi connectivity index (χ0n) is 15.4. The van der Waals surface area contributed by atoms with E-state index in [9.17, 15) is 14.4 Å². The lowest BCUT2D eigenvalue weighted by atomic mass is 10.1. The third kappa shape index (κ3) is 3.69. The zero-order chi connectivity index (χ0) is 18.8. The molecule has 2 aliphatic rings. The Kier molecular flexibility index (Phi) is 5.11. The van der Waals surface area contributed by atoms with Gasteiger partial charge in [-0.3, -0.25) is 14.2 Å². The Morgan fingerprint density at radius 3 is 2.59 bits per heavy atom. The molecule has 0 saturated carbocycles. The Hall–Kier alpha value is -2.41. The largest absolute Gasteiger partial charge is 0.376 e. The molecule has 1 unspecified atom stereocenters. The second kappa shape index (κ2) is 7.68. The number of likely N-dealkylation sites (tertiary alicyclic amines) is 1. The molecule has 0 spiro atoms. The summed E-state index contributed by atoms with van der Waals surface area (Å²) in [6.45, 7) is 2.46. The number of aromatic amines is 1. The fraction of sp³-hybridized carbons (Fsp3) is 0.550. The van der Waals surface area contributed by atoms with Crippen LogP contribution >= 0.6 is 0 Å². The first-order chi connectivity index (χ1) is 13.1. The molecular weight excluding hydrogens is 346 g/mol. The molecule has 2 aliphatic heterocycles. The number of H-pyrrole nitrogens is 1. The number of nitrogens with zero attached hydrogens (tertiary/aromatic N) is 2. The minimum atomic E-state index is -0.456. The van der Waals surface area contributed by atoms with Gasteiger partial charge in [-0.15, -0.1) is 0 Å². The summed E-state index contributed by atoms with van der Waals surface area (Å²) >= 11 is 0. The van der Waals surface area contributed by atoms with Gasteiger partial charge in [0, 0.05) is 25.3 Å². The van der Waals surface area contributed by atoms with E-state index in [1.807, 2.05) is 4.90 Å². The van der Waals surface area contributed by atoms with Crippen molar-refractivity contribution in [2.24, 2.45) is 0 Å². The van der Waals surface area contributed by atoms with Gasteiger partial charge in [0.1, 0.15) is 0 Å². The highest BCUT2D eigenvalue weighted by Crippen LogP contribution is 2.16. The monoisotopic (exact) mass is 371 g/mol. The van der Waals surface area contributed by atoms with E-state index in [1.165, 1.54) is 4.57 Å². The van der Waals surface area contributed by atoms with E-state index in [-0.39, 0.29) is 24.1 Å². The summed E-state index contributed by atoms with van der Waals surface area (Å²) in [6, 6.07) is 4.96. The smallest absolute Gasteiger partial charge is 0.328 e. The molecule has 27 heavy (non-hydrogen) atoms. The number of ether oxygens (including phenoxy) is 1. The van der Waals surface area contributed by atoms with Crippen molar-refractivity contribution in [1.29, 1.82) is 0 Å². The Morgan fingerprint density at radius 1 is 1.11 bits per heavy atom. The number of hydrogen-bond acceptors (Lipinski definition) is 4. The SMILES string of the molecule is O=C(c1ccc2c(=O)n(CC3CCCO3)c(=O)[nH]c2c1)N1CCCCCC1. The molecule has 7 heteroatoms. The number of carbonyl (C=O) groups excluding carboxylic acids is 1. The van der Waals surface area contributed by atoms with Crippen LogP contribution in [-0.4, -0.2) is 46.2 Å². The lowest BCUT2D eigenvalue weighted by molar-refractivity contribution is 0.0762. The van der Waals surface area contributed by atoms with Crippen LogP contribution in [-0.2, 0) is 11.3 Å². The molecule has 1 aromatic heterocycles. The molecule has 2 aromatic rings. The number of hydrogen-bond donors (Lipinski definition) is 1. The second-order valence-corrected chi connectivity index (χ2v) is 7.45. The van der Waals surface area contributed by atoms with Crippen molar-refractivity contribution < 1.29 is 9.53 Å². The number of fused-ring (bicyclic) bond motifs is 1. The predicted molar refractivity (Wildman–Crippen MR) is 102 cm³/mol. The lowest BCUT2D eigenvalue weighted by Gasteiger charge is -2.20. The molecule has 3 heterocycles. The Labute approximate surface area is 156 Å². The average Bonchev–Trinajstić information content (AvgIpc) is 3.03. The van der Waals surface area contributed by atoms with E-state index in [1.54, 1.807) is 18.2 Å². The number of aromatic nitrogens is 2. The maximum atomic E-state index is 12.8. The van der Waals surface area contributed by atoms with Crippen LogP contribution in [0.2, 0.25) is 0 Å². The maximum Gasteiger partial charge on any atom is 0.328 e. The van der Waals surface area contributed by atoms with Crippen LogP contribution in [0.25, 0.3) is 10.9 Å². The summed E-state index contributed by atoms with van der Waals surface area (Å²) in [5.41, 5.74) is 0.131. The summed E-state index contributed by atoms with van der Waals surface area (Å²) in [5.74, 6) is -0.0387. The zero-order valence-corrected chi connectivity index (χ0v) is 15.4. The van der Waals surface area contributed by atoms with Crippen LogP contribution < -0.4 is 11.2 Å².